The molecule has 0 saturated carbocycles. The van der Waals surface area contributed by atoms with E-state index in [0.29, 0.717) is 29.9 Å². The molecule has 10 heteroatoms. The van der Waals surface area contributed by atoms with Crippen LogP contribution in [0.5, 0.6) is 0 Å². The lowest BCUT2D eigenvalue weighted by molar-refractivity contribution is -0.118. The molecule has 0 aliphatic carbocycles. The van der Waals surface area contributed by atoms with E-state index in [4.69, 9.17) is 5.73 Å². The van der Waals surface area contributed by atoms with Crippen LogP contribution in [0.4, 0.5) is 5.69 Å². The average Bonchev–Trinajstić information content (AvgIpc) is 3.16. The lowest BCUT2D eigenvalue weighted by atomic mass is 10.2. The maximum absolute atomic E-state index is 12.6. The van der Waals surface area contributed by atoms with Gasteiger partial charge in [-0.05, 0) is 35.7 Å². The fourth-order valence-electron chi connectivity index (χ4n) is 3.05. The van der Waals surface area contributed by atoms with Crippen molar-refractivity contribution in [2.75, 3.05) is 11.1 Å². The van der Waals surface area contributed by atoms with Crippen molar-refractivity contribution in [2.45, 2.75) is 49.2 Å². The van der Waals surface area contributed by atoms with E-state index in [1.54, 1.807) is 18.0 Å². The summed E-state index contributed by atoms with van der Waals surface area (Å²) in [5, 5.41) is 13.0. The van der Waals surface area contributed by atoms with Crippen molar-refractivity contribution < 1.29 is 9.59 Å². The minimum absolute atomic E-state index is 0.118. The van der Waals surface area contributed by atoms with Crippen LogP contribution in [0.15, 0.2) is 58.8 Å². The number of hydrogen-bond acceptors (Lipinski definition) is 7. The lowest BCUT2D eigenvalue weighted by Crippen LogP contribution is -2.16. The third-order valence-electron chi connectivity index (χ3n) is 4.50. The number of amides is 2. The van der Waals surface area contributed by atoms with E-state index in [0.717, 1.165) is 22.0 Å². The van der Waals surface area contributed by atoms with Crippen LogP contribution in [0.2, 0.25) is 0 Å². The summed E-state index contributed by atoms with van der Waals surface area (Å²) in [6.07, 6.45) is 2.43. The van der Waals surface area contributed by atoms with Crippen molar-refractivity contribution in [1.29, 1.82) is 0 Å². The molecule has 2 aromatic heterocycles. The number of rotatable bonds is 12. The van der Waals surface area contributed by atoms with E-state index in [1.165, 1.54) is 11.8 Å². The van der Waals surface area contributed by atoms with Crippen LogP contribution < -0.4 is 11.1 Å². The van der Waals surface area contributed by atoms with E-state index in [1.807, 2.05) is 47.0 Å². The predicted octanol–water partition coefficient (Wildman–Crippen LogP) is 3.77. The van der Waals surface area contributed by atoms with Crippen LogP contribution in [-0.4, -0.2) is 37.3 Å². The SMILES string of the molecule is CC(C)Cn1c(CCC(N)=O)nnc1SCC(=O)Nc1cccc(CSc2ccccn2)c1. The molecule has 0 spiro atoms. The van der Waals surface area contributed by atoms with Gasteiger partial charge >= 0.3 is 0 Å². The second kappa shape index (κ2) is 12.4. The number of nitrogens with one attached hydrogen (secondary N) is 1. The number of thioether (sulfide) groups is 2. The molecule has 0 fully saturated rings. The van der Waals surface area contributed by atoms with Crippen LogP contribution in [0, 0.1) is 5.92 Å². The second-order valence-electron chi connectivity index (χ2n) is 7.86. The molecule has 0 unspecified atom stereocenters. The van der Waals surface area contributed by atoms with E-state index in [2.05, 4.69) is 34.3 Å². The summed E-state index contributed by atoms with van der Waals surface area (Å²) in [4.78, 5) is 28.0. The Labute approximate surface area is 202 Å². The zero-order chi connectivity index (χ0) is 23.6. The molecule has 0 bridgehead atoms. The van der Waals surface area contributed by atoms with Crippen molar-refractivity contribution >= 4 is 41.0 Å². The first-order valence-electron chi connectivity index (χ1n) is 10.7. The molecule has 2 amide bonds. The number of carbonyl (C=O) groups excluding carboxylic acids is 2. The minimum atomic E-state index is -0.372. The van der Waals surface area contributed by atoms with Crippen LogP contribution in [0.25, 0.3) is 0 Å². The van der Waals surface area contributed by atoms with Crippen molar-refractivity contribution in [3.05, 3.63) is 60.0 Å². The lowest BCUT2D eigenvalue weighted by Gasteiger charge is -2.12. The molecule has 0 aliphatic rings. The molecule has 0 radical (unpaired) electrons. The first-order chi connectivity index (χ1) is 15.9. The Hall–Kier alpha value is -2.85. The molecule has 0 atom stereocenters. The smallest absolute Gasteiger partial charge is 0.234 e. The Morgan fingerprint density at radius 3 is 2.70 bits per heavy atom. The summed E-state index contributed by atoms with van der Waals surface area (Å²) < 4.78 is 1.97. The number of hydrogen-bond donors (Lipinski definition) is 2. The fourth-order valence-corrected chi connectivity index (χ4v) is 4.62. The van der Waals surface area contributed by atoms with Gasteiger partial charge in [0.1, 0.15) is 5.82 Å². The topological polar surface area (TPSA) is 116 Å². The van der Waals surface area contributed by atoms with Gasteiger partial charge in [-0.2, -0.15) is 0 Å². The summed E-state index contributed by atoms with van der Waals surface area (Å²) in [6, 6.07) is 13.6. The van der Waals surface area contributed by atoms with Crippen LogP contribution in [0.1, 0.15) is 31.7 Å². The molecule has 3 rings (SSSR count). The van der Waals surface area contributed by atoms with Gasteiger partial charge in [-0.15, -0.1) is 22.0 Å². The number of anilines is 1. The first kappa shape index (κ1) is 24.8. The van der Waals surface area contributed by atoms with Crippen LogP contribution >= 0.6 is 23.5 Å². The van der Waals surface area contributed by atoms with Crippen molar-refractivity contribution in [2.24, 2.45) is 11.7 Å². The van der Waals surface area contributed by atoms with Crippen molar-refractivity contribution in [1.82, 2.24) is 19.7 Å². The summed E-state index contributed by atoms with van der Waals surface area (Å²) in [7, 11) is 0. The quantitative estimate of drug-likeness (QED) is 0.376. The van der Waals surface area contributed by atoms with Gasteiger partial charge < -0.3 is 15.6 Å². The Balaban J connectivity index is 1.56. The molecule has 3 aromatic rings. The molecule has 0 saturated heterocycles. The van der Waals surface area contributed by atoms with Crippen LogP contribution in [0.3, 0.4) is 0 Å². The van der Waals surface area contributed by atoms with Gasteiger partial charge in [0.25, 0.3) is 0 Å². The van der Waals surface area contributed by atoms with E-state index < -0.39 is 0 Å². The van der Waals surface area contributed by atoms with Crippen molar-refractivity contribution in [3.63, 3.8) is 0 Å². The van der Waals surface area contributed by atoms with E-state index in [9.17, 15) is 9.59 Å². The Morgan fingerprint density at radius 1 is 1.12 bits per heavy atom. The van der Waals surface area contributed by atoms with Gasteiger partial charge in [-0.1, -0.05) is 43.8 Å². The third kappa shape index (κ3) is 8.21. The highest BCUT2D eigenvalue weighted by molar-refractivity contribution is 7.99. The third-order valence-corrected chi connectivity index (χ3v) is 6.49. The number of carbonyl (C=O) groups is 2. The van der Waals surface area contributed by atoms with Gasteiger partial charge in [-0.3, -0.25) is 9.59 Å². The maximum Gasteiger partial charge on any atom is 0.234 e. The molecule has 8 nitrogen and oxygen atoms in total. The molecule has 33 heavy (non-hydrogen) atoms. The molecule has 1 aromatic carbocycles. The van der Waals surface area contributed by atoms with Crippen molar-refractivity contribution in [3.8, 4) is 0 Å². The number of primary amides is 1. The van der Waals surface area contributed by atoms with Gasteiger partial charge in [0.2, 0.25) is 11.8 Å². The zero-order valence-electron chi connectivity index (χ0n) is 18.7. The van der Waals surface area contributed by atoms with E-state index in [-0.39, 0.29) is 24.0 Å². The summed E-state index contributed by atoms with van der Waals surface area (Å²) in [5.74, 6) is 1.56. The normalized spacial score (nSPS) is 11.0. The molecule has 2 heterocycles. The maximum atomic E-state index is 12.6. The number of nitrogens with zero attached hydrogens (tertiary/aromatic N) is 4. The largest absolute Gasteiger partial charge is 0.370 e. The Bertz CT molecular complexity index is 1070. The molecule has 0 aliphatic heterocycles. The Kier molecular flexibility index (Phi) is 9.32. The highest BCUT2D eigenvalue weighted by Crippen LogP contribution is 2.23. The van der Waals surface area contributed by atoms with Gasteiger partial charge in [0, 0.05) is 37.0 Å². The zero-order valence-corrected chi connectivity index (χ0v) is 20.4. The van der Waals surface area contributed by atoms with Gasteiger partial charge in [0.05, 0.1) is 10.8 Å². The number of nitrogens with two attached hydrogens (primary N) is 1. The number of aryl methyl sites for hydroxylation is 1. The Morgan fingerprint density at radius 2 is 1.97 bits per heavy atom. The first-order valence-corrected chi connectivity index (χ1v) is 12.6. The molecular weight excluding hydrogens is 456 g/mol. The predicted molar refractivity (Wildman–Crippen MR) is 132 cm³/mol. The van der Waals surface area contributed by atoms with E-state index >= 15 is 0 Å². The highest BCUT2D eigenvalue weighted by atomic mass is 32.2. The summed E-state index contributed by atoms with van der Waals surface area (Å²) in [5.41, 5.74) is 7.13. The molecular formula is C23H28N6O2S2. The minimum Gasteiger partial charge on any atom is -0.370 e. The summed E-state index contributed by atoms with van der Waals surface area (Å²) in [6.45, 7) is 4.90. The molecule has 174 valence electrons. The number of pyridine rings is 1. The second-order valence-corrected chi connectivity index (χ2v) is 9.80. The number of aromatic nitrogens is 4. The summed E-state index contributed by atoms with van der Waals surface area (Å²) >= 11 is 2.98. The van der Waals surface area contributed by atoms with Crippen LogP contribution in [-0.2, 0) is 28.3 Å². The highest BCUT2D eigenvalue weighted by Gasteiger charge is 2.16. The molecule has 3 N–H and O–H groups in total. The standard InChI is InChI=1S/C23H28N6O2S2/c1-16(2)13-29-20(10-9-19(24)30)27-28-23(29)33-15-21(31)26-18-7-5-6-17(12-18)14-32-22-8-3-4-11-25-22/h3-8,11-12,16H,9-10,13-15H2,1-2H3,(H2,24,30)(H,26,31). The number of benzene rings is 1. The average molecular weight is 485 g/mol. The fraction of sp³-hybridized carbons (Fsp3) is 0.348. The van der Waals surface area contributed by atoms with Gasteiger partial charge in [0.15, 0.2) is 5.16 Å². The van der Waals surface area contributed by atoms with Gasteiger partial charge in [-0.25, -0.2) is 4.98 Å². The monoisotopic (exact) mass is 484 g/mol.